The van der Waals surface area contributed by atoms with Crippen molar-refractivity contribution in [2.45, 2.75) is 25.8 Å². The zero-order valence-electron chi connectivity index (χ0n) is 16.8. The first-order valence-corrected chi connectivity index (χ1v) is 9.30. The molecule has 1 aliphatic rings. The number of nitrogens with zero attached hydrogens (tertiary/aromatic N) is 1. The van der Waals surface area contributed by atoms with Crippen LogP contribution in [-0.4, -0.2) is 37.8 Å². The van der Waals surface area contributed by atoms with Gasteiger partial charge in [-0.05, 0) is 54.8 Å². The van der Waals surface area contributed by atoms with Gasteiger partial charge in [-0.1, -0.05) is 0 Å². The van der Waals surface area contributed by atoms with Crippen LogP contribution in [0.5, 0.6) is 17.2 Å². The molecular formula is C21H26N4O3. The number of hydrazine groups is 1. The van der Waals surface area contributed by atoms with Crippen LogP contribution >= 0.6 is 0 Å². The zero-order valence-corrected chi connectivity index (χ0v) is 16.8. The molecule has 3 N–H and O–H groups in total. The number of ether oxygens (including phenoxy) is 3. The van der Waals surface area contributed by atoms with Crippen molar-refractivity contribution in [1.82, 2.24) is 20.8 Å². The molecule has 2 heterocycles. The van der Waals surface area contributed by atoms with Crippen LogP contribution in [0.2, 0.25) is 0 Å². The molecule has 28 heavy (non-hydrogen) atoms. The van der Waals surface area contributed by atoms with E-state index in [0.717, 1.165) is 29.0 Å². The van der Waals surface area contributed by atoms with E-state index in [9.17, 15) is 0 Å². The fourth-order valence-electron chi connectivity index (χ4n) is 3.81. The van der Waals surface area contributed by atoms with Crippen LogP contribution in [0.25, 0.3) is 11.0 Å². The molecule has 1 fully saturated rings. The Kier molecular flexibility index (Phi) is 4.87. The van der Waals surface area contributed by atoms with Crippen molar-refractivity contribution in [2.75, 3.05) is 27.9 Å². The van der Waals surface area contributed by atoms with Crippen LogP contribution in [0.1, 0.15) is 34.5 Å². The van der Waals surface area contributed by atoms with Crippen molar-refractivity contribution in [3.63, 3.8) is 0 Å². The lowest BCUT2D eigenvalue weighted by Crippen LogP contribution is -2.25. The number of aromatic amines is 1. The fourth-order valence-corrected chi connectivity index (χ4v) is 3.81. The van der Waals surface area contributed by atoms with Gasteiger partial charge in [0.05, 0.1) is 44.3 Å². The highest BCUT2D eigenvalue weighted by Crippen LogP contribution is 2.42. The standard InChI is InChI=1S/C21H26N4O3/c1-11-6-15-16(7-12(11)2)24-21(23-15)14-10-22-25-19(14)13-8-17(26-3)20(28-5)18(9-13)27-4/h6-9,14,19,22,25H,10H2,1-5H3,(H,23,24). The van der Waals surface area contributed by atoms with E-state index in [1.54, 1.807) is 21.3 Å². The number of H-pyrrole nitrogens is 1. The van der Waals surface area contributed by atoms with Gasteiger partial charge in [-0.25, -0.2) is 10.4 Å². The number of hydrogen-bond donors (Lipinski definition) is 3. The summed E-state index contributed by atoms with van der Waals surface area (Å²) >= 11 is 0. The van der Waals surface area contributed by atoms with Gasteiger partial charge in [0.1, 0.15) is 5.82 Å². The van der Waals surface area contributed by atoms with Crippen LogP contribution < -0.4 is 25.1 Å². The Hall–Kier alpha value is -2.77. The van der Waals surface area contributed by atoms with E-state index in [1.165, 1.54) is 11.1 Å². The van der Waals surface area contributed by atoms with Gasteiger partial charge in [0, 0.05) is 6.54 Å². The van der Waals surface area contributed by atoms with Crippen LogP contribution in [0, 0.1) is 13.8 Å². The molecule has 1 aliphatic heterocycles. The molecule has 0 radical (unpaired) electrons. The largest absolute Gasteiger partial charge is 0.493 e. The number of methoxy groups -OCH3 is 3. The molecule has 148 valence electrons. The van der Waals surface area contributed by atoms with Crippen LogP contribution in [-0.2, 0) is 0 Å². The predicted octanol–water partition coefficient (Wildman–Crippen LogP) is 3.14. The van der Waals surface area contributed by atoms with Gasteiger partial charge in [-0.3, -0.25) is 5.43 Å². The van der Waals surface area contributed by atoms with Gasteiger partial charge in [0.25, 0.3) is 0 Å². The Balaban J connectivity index is 1.75. The lowest BCUT2D eigenvalue weighted by Gasteiger charge is -2.20. The fraction of sp³-hybridized carbons (Fsp3) is 0.381. The highest BCUT2D eigenvalue weighted by atomic mass is 16.5. The minimum absolute atomic E-state index is 0.0106. The van der Waals surface area contributed by atoms with Gasteiger partial charge in [0.15, 0.2) is 11.5 Å². The average molecular weight is 382 g/mol. The minimum Gasteiger partial charge on any atom is -0.493 e. The second-order valence-corrected chi connectivity index (χ2v) is 7.14. The lowest BCUT2D eigenvalue weighted by molar-refractivity contribution is 0.323. The Morgan fingerprint density at radius 2 is 1.61 bits per heavy atom. The molecule has 7 heteroatoms. The zero-order chi connectivity index (χ0) is 19.8. The molecule has 3 aromatic rings. The van der Waals surface area contributed by atoms with Crippen molar-refractivity contribution >= 4 is 11.0 Å². The third-order valence-corrected chi connectivity index (χ3v) is 5.49. The number of imidazole rings is 1. The maximum Gasteiger partial charge on any atom is 0.203 e. The first kappa shape index (κ1) is 18.6. The first-order valence-electron chi connectivity index (χ1n) is 9.30. The predicted molar refractivity (Wildman–Crippen MR) is 108 cm³/mol. The van der Waals surface area contributed by atoms with E-state index in [0.29, 0.717) is 17.2 Å². The lowest BCUT2D eigenvalue weighted by atomic mass is 9.93. The summed E-state index contributed by atoms with van der Waals surface area (Å²) in [6, 6.07) is 8.27. The monoisotopic (exact) mass is 382 g/mol. The molecule has 2 atom stereocenters. The number of nitrogens with one attached hydrogen (secondary N) is 3. The van der Waals surface area contributed by atoms with Crippen LogP contribution in [0.3, 0.4) is 0 Å². The maximum atomic E-state index is 5.52. The topological polar surface area (TPSA) is 80.4 Å². The summed E-state index contributed by atoms with van der Waals surface area (Å²) in [6.07, 6.45) is 0. The normalized spacial score (nSPS) is 19.2. The van der Waals surface area contributed by atoms with Gasteiger partial charge >= 0.3 is 0 Å². The van der Waals surface area contributed by atoms with Gasteiger partial charge in [0.2, 0.25) is 5.75 Å². The molecule has 0 bridgehead atoms. The Morgan fingerprint density at radius 1 is 0.929 bits per heavy atom. The Morgan fingerprint density at radius 3 is 2.25 bits per heavy atom. The molecule has 1 aromatic heterocycles. The van der Waals surface area contributed by atoms with Gasteiger partial charge in [-0.15, -0.1) is 0 Å². The van der Waals surface area contributed by atoms with E-state index < -0.39 is 0 Å². The summed E-state index contributed by atoms with van der Waals surface area (Å²) in [4.78, 5) is 8.38. The third kappa shape index (κ3) is 3.06. The van der Waals surface area contributed by atoms with E-state index in [-0.39, 0.29) is 12.0 Å². The molecule has 2 aromatic carbocycles. The average Bonchev–Trinajstić information content (AvgIpc) is 3.33. The van der Waals surface area contributed by atoms with Crippen molar-refractivity contribution in [3.8, 4) is 17.2 Å². The second-order valence-electron chi connectivity index (χ2n) is 7.14. The highest BCUT2D eigenvalue weighted by Gasteiger charge is 2.33. The number of rotatable bonds is 5. The highest BCUT2D eigenvalue weighted by molar-refractivity contribution is 5.77. The number of hydrogen-bond acceptors (Lipinski definition) is 6. The molecule has 0 spiro atoms. The molecule has 2 unspecified atom stereocenters. The summed E-state index contributed by atoms with van der Waals surface area (Å²) in [5.74, 6) is 2.96. The van der Waals surface area contributed by atoms with Gasteiger partial charge < -0.3 is 19.2 Å². The molecule has 7 nitrogen and oxygen atoms in total. The molecule has 0 saturated carbocycles. The van der Waals surface area contributed by atoms with Crippen molar-refractivity contribution in [3.05, 3.63) is 46.8 Å². The number of aryl methyl sites for hydroxylation is 2. The van der Waals surface area contributed by atoms with Crippen LogP contribution in [0.4, 0.5) is 0 Å². The van der Waals surface area contributed by atoms with Crippen LogP contribution in [0.15, 0.2) is 24.3 Å². The molecule has 0 amide bonds. The minimum atomic E-state index is 0.0106. The van der Waals surface area contributed by atoms with E-state index in [2.05, 4.69) is 41.8 Å². The summed E-state index contributed by atoms with van der Waals surface area (Å²) in [5, 5.41) is 0. The summed E-state index contributed by atoms with van der Waals surface area (Å²) in [5.41, 5.74) is 12.2. The number of aromatic nitrogens is 2. The molecule has 1 saturated heterocycles. The van der Waals surface area contributed by atoms with Crippen molar-refractivity contribution in [2.24, 2.45) is 0 Å². The van der Waals surface area contributed by atoms with Crippen molar-refractivity contribution in [1.29, 1.82) is 0 Å². The van der Waals surface area contributed by atoms with E-state index in [1.807, 2.05) is 12.1 Å². The third-order valence-electron chi connectivity index (χ3n) is 5.49. The summed E-state index contributed by atoms with van der Waals surface area (Å²) < 4.78 is 16.5. The van der Waals surface area contributed by atoms with Crippen molar-refractivity contribution < 1.29 is 14.2 Å². The van der Waals surface area contributed by atoms with Gasteiger partial charge in [-0.2, -0.15) is 0 Å². The quantitative estimate of drug-likeness (QED) is 0.629. The SMILES string of the molecule is COc1cc(C2NNCC2c2nc3cc(C)c(C)cc3[nH]2)cc(OC)c1OC. The summed E-state index contributed by atoms with van der Waals surface area (Å²) in [6.45, 7) is 4.99. The molecule has 4 rings (SSSR count). The van der Waals surface area contributed by atoms with E-state index in [4.69, 9.17) is 19.2 Å². The van der Waals surface area contributed by atoms with E-state index >= 15 is 0 Å². The maximum absolute atomic E-state index is 5.52. The molecule has 0 aliphatic carbocycles. The summed E-state index contributed by atoms with van der Waals surface area (Å²) in [7, 11) is 4.86. The molecular weight excluding hydrogens is 356 g/mol. The Bertz CT molecular complexity index is 950. The second kappa shape index (κ2) is 7.33. The number of fused-ring (bicyclic) bond motifs is 1. The first-order chi connectivity index (χ1) is 13.5. The Labute approximate surface area is 164 Å². The smallest absolute Gasteiger partial charge is 0.203 e. The number of benzene rings is 2.